The Kier molecular flexibility index (Phi) is 1.32. The van der Waals surface area contributed by atoms with Gasteiger partial charge in [-0.3, -0.25) is 4.74 Å². The van der Waals surface area contributed by atoms with Gasteiger partial charge in [0.2, 0.25) is 0 Å². The molecule has 1 atom stereocenters. The first-order valence-corrected chi connectivity index (χ1v) is 2.52. The third kappa shape index (κ3) is 1.11. The number of aliphatic hydroxyl groups excluding tert-OH is 1. The molecule has 0 amide bonds. The molecular weight excluding hydrogens is 124 g/mol. The molecule has 1 aliphatic heterocycles. The van der Waals surface area contributed by atoms with E-state index in [1.807, 2.05) is 0 Å². The summed E-state index contributed by atoms with van der Waals surface area (Å²) in [7, 11) is 0. The molecule has 0 unspecified atom stereocenters. The van der Waals surface area contributed by atoms with Crippen LogP contribution in [0.5, 0.6) is 0 Å². The Labute approximate surface area is 52.0 Å². The van der Waals surface area contributed by atoms with Gasteiger partial charge in [0.15, 0.2) is 6.29 Å². The first-order chi connectivity index (χ1) is 4.02. The zero-order valence-electron chi connectivity index (χ0n) is 4.90. The summed E-state index contributed by atoms with van der Waals surface area (Å²) in [6.45, 7) is 1.45. The fourth-order valence-electron chi connectivity index (χ4n) is 0.618. The molecule has 0 aromatic carbocycles. The van der Waals surface area contributed by atoms with Gasteiger partial charge in [-0.05, 0) is 13.0 Å². The molecule has 0 aromatic heterocycles. The van der Waals surface area contributed by atoms with Crippen molar-refractivity contribution in [2.75, 3.05) is 0 Å². The van der Waals surface area contributed by atoms with Gasteiger partial charge >= 0.3 is 5.97 Å². The van der Waals surface area contributed by atoms with Crippen LogP contribution in [-0.4, -0.2) is 27.6 Å². The van der Waals surface area contributed by atoms with Gasteiger partial charge in [-0.1, -0.05) is 0 Å². The van der Waals surface area contributed by atoms with E-state index in [0.29, 0.717) is 0 Å². The minimum absolute atomic E-state index is 0.204. The average Bonchev–Trinajstić information content (AvgIpc) is 1.79. The van der Waals surface area contributed by atoms with Crippen LogP contribution in [0, 0.1) is 0 Å². The highest BCUT2D eigenvalue weighted by Gasteiger charge is 2.35. The molecule has 0 bridgehead atoms. The lowest BCUT2D eigenvalue weighted by molar-refractivity contribution is -0.334. The summed E-state index contributed by atoms with van der Waals surface area (Å²) in [5.74, 6) is -2.26. The lowest BCUT2D eigenvalue weighted by Crippen LogP contribution is -2.30. The minimum atomic E-state index is -2.26. The lowest BCUT2D eigenvalue weighted by atomic mass is 10.3. The molecule has 0 aliphatic carbocycles. The Morgan fingerprint density at radius 3 is 2.33 bits per heavy atom. The quantitative estimate of drug-likeness (QED) is 0.289. The highest BCUT2D eigenvalue weighted by Crippen LogP contribution is 2.23. The number of rotatable bonds is 0. The van der Waals surface area contributed by atoms with Gasteiger partial charge in [0.1, 0.15) is 0 Å². The van der Waals surface area contributed by atoms with Crippen molar-refractivity contribution < 1.29 is 20.1 Å². The van der Waals surface area contributed by atoms with Crippen LogP contribution in [0.3, 0.4) is 0 Å². The smallest absolute Gasteiger partial charge is 0.305 e. The summed E-state index contributed by atoms with van der Waals surface area (Å²) in [4.78, 5) is 0. The third-order valence-electron chi connectivity index (χ3n) is 1.19. The predicted octanol–water partition coefficient (Wildman–Crippen LogP) is -1.08. The van der Waals surface area contributed by atoms with Crippen molar-refractivity contribution in [2.45, 2.75) is 19.2 Å². The maximum atomic E-state index is 8.74. The van der Waals surface area contributed by atoms with E-state index in [-0.39, 0.29) is 5.57 Å². The van der Waals surface area contributed by atoms with E-state index in [1.165, 1.54) is 13.0 Å². The summed E-state index contributed by atoms with van der Waals surface area (Å²) < 4.78 is 4.23. The maximum Gasteiger partial charge on any atom is 0.305 e. The molecule has 3 N–H and O–H groups in total. The molecule has 0 saturated heterocycles. The minimum Gasteiger partial charge on any atom is -0.364 e. The van der Waals surface area contributed by atoms with Crippen molar-refractivity contribution in [3.05, 3.63) is 11.6 Å². The summed E-state index contributed by atoms with van der Waals surface area (Å²) >= 11 is 0. The topological polar surface area (TPSA) is 69.9 Å². The number of aliphatic hydroxyl groups is 3. The lowest BCUT2D eigenvalue weighted by Gasteiger charge is -2.15. The van der Waals surface area contributed by atoms with Gasteiger partial charge in [-0.15, -0.1) is 0 Å². The molecule has 0 radical (unpaired) electrons. The fraction of sp³-hybridized carbons (Fsp3) is 0.600. The Hall–Kier alpha value is -0.420. The predicted molar refractivity (Wildman–Crippen MR) is 28.0 cm³/mol. The van der Waals surface area contributed by atoms with Crippen LogP contribution in [0.15, 0.2) is 11.6 Å². The first kappa shape index (κ1) is 6.70. The first-order valence-electron chi connectivity index (χ1n) is 2.52. The second kappa shape index (κ2) is 1.78. The molecule has 1 rings (SSSR count). The van der Waals surface area contributed by atoms with Gasteiger partial charge in [0.05, 0.1) is 0 Å². The van der Waals surface area contributed by atoms with Crippen molar-refractivity contribution in [1.29, 1.82) is 0 Å². The Bertz CT molecular complexity index is 149. The van der Waals surface area contributed by atoms with Gasteiger partial charge in [-0.2, -0.15) is 0 Å². The van der Waals surface area contributed by atoms with E-state index in [9.17, 15) is 0 Å². The highest BCUT2D eigenvalue weighted by molar-refractivity contribution is 5.11. The van der Waals surface area contributed by atoms with E-state index < -0.39 is 12.3 Å². The molecule has 52 valence electrons. The standard InChI is InChI=1S/C5H8O4/c1-3-2-4(6)9-5(3,7)8/h2,4,6-8H,1H3/t4-/m0/s1. The van der Waals surface area contributed by atoms with Gasteiger partial charge < -0.3 is 15.3 Å². The Morgan fingerprint density at radius 1 is 1.67 bits per heavy atom. The normalized spacial score (nSPS) is 32.4. The zero-order valence-corrected chi connectivity index (χ0v) is 4.90. The van der Waals surface area contributed by atoms with Crippen LogP contribution >= 0.6 is 0 Å². The summed E-state index contributed by atoms with van der Waals surface area (Å²) in [5, 5.41) is 26.1. The molecule has 4 nitrogen and oxygen atoms in total. The van der Waals surface area contributed by atoms with E-state index >= 15 is 0 Å². The number of hydrogen-bond acceptors (Lipinski definition) is 4. The van der Waals surface area contributed by atoms with Crippen LogP contribution in [0.2, 0.25) is 0 Å². The van der Waals surface area contributed by atoms with Gasteiger partial charge in [0.25, 0.3) is 0 Å². The number of ether oxygens (including phenoxy) is 1. The molecule has 1 aliphatic rings. The zero-order chi connectivity index (χ0) is 7.07. The summed E-state index contributed by atoms with van der Waals surface area (Å²) in [6.07, 6.45) is 0.0278. The van der Waals surface area contributed by atoms with E-state index in [2.05, 4.69) is 4.74 Å². The van der Waals surface area contributed by atoms with Crippen molar-refractivity contribution in [3.8, 4) is 0 Å². The molecule has 0 spiro atoms. The molecule has 0 aromatic rings. The highest BCUT2D eigenvalue weighted by atomic mass is 16.8. The maximum absolute atomic E-state index is 8.74. The van der Waals surface area contributed by atoms with E-state index in [1.54, 1.807) is 0 Å². The largest absolute Gasteiger partial charge is 0.364 e. The number of hydrogen-bond donors (Lipinski definition) is 3. The van der Waals surface area contributed by atoms with Crippen LogP contribution in [-0.2, 0) is 4.74 Å². The average molecular weight is 132 g/mol. The van der Waals surface area contributed by atoms with Crippen molar-refractivity contribution in [3.63, 3.8) is 0 Å². The monoisotopic (exact) mass is 132 g/mol. The Morgan fingerprint density at radius 2 is 2.22 bits per heavy atom. The SMILES string of the molecule is CC1=C[C@@H](O)OC1(O)O. The van der Waals surface area contributed by atoms with Crippen LogP contribution in [0.4, 0.5) is 0 Å². The molecule has 4 heteroatoms. The molecule has 9 heavy (non-hydrogen) atoms. The van der Waals surface area contributed by atoms with Crippen LogP contribution in [0.25, 0.3) is 0 Å². The second-order valence-electron chi connectivity index (χ2n) is 1.97. The van der Waals surface area contributed by atoms with Crippen molar-refractivity contribution >= 4 is 0 Å². The molecule has 1 heterocycles. The second-order valence-corrected chi connectivity index (χ2v) is 1.97. The van der Waals surface area contributed by atoms with Crippen LogP contribution < -0.4 is 0 Å². The Balaban J connectivity index is 2.76. The van der Waals surface area contributed by atoms with Crippen molar-refractivity contribution in [2.24, 2.45) is 0 Å². The molecular formula is C5H8O4. The van der Waals surface area contributed by atoms with E-state index in [4.69, 9.17) is 15.3 Å². The van der Waals surface area contributed by atoms with Gasteiger partial charge in [-0.25, -0.2) is 0 Å². The summed E-state index contributed by atoms with van der Waals surface area (Å²) in [5.41, 5.74) is 0.204. The summed E-state index contributed by atoms with van der Waals surface area (Å²) in [6, 6.07) is 0. The van der Waals surface area contributed by atoms with E-state index in [0.717, 1.165) is 0 Å². The third-order valence-corrected chi connectivity index (χ3v) is 1.19. The molecule has 0 fully saturated rings. The van der Waals surface area contributed by atoms with Crippen molar-refractivity contribution in [1.82, 2.24) is 0 Å². The molecule has 0 saturated carbocycles. The fourth-order valence-corrected chi connectivity index (χ4v) is 0.618. The van der Waals surface area contributed by atoms with Gasteiger partial charge in [0, 0.05) is 5.57 Å². The van der Waals surface area contributed by atoms with Crippen LogP contribution in [0.1, 0.15) is 6.92 Å².